The zero-order chi connectivity index (χ0) is 19.9. The van der Waals surface area contributed by atoms with Gasteiger partial charge in [0.05, 0.1) is 12.3 Å². The summed E-state index contributed by atoms with van der Waals surface area (Å²) in [5.74, 6) is 1.42. The molecule has 0 atom stereocenters. The standard InChI is InChI=1S/C17H27N7O2S/c1-13(2)23-27(25,26)11-15-7-5-14(6-8-15)9-19-17(18-3)20-10-16-21-12-22-24(16)4/h5-8,12-13,23H,9-11H2,1-4H3,(H2,18,19,20). The van der Waals surface area contributed by atoms with Crippen molar-refractivity contribution in [2.75, 3.05) is 7.05 Å². The van der Waals surface area contributed by atoms with Crippen molar-refractivity contribution >= 4 is 16.0 Å². The highest BCUT2D eigenvalue weighted by Gasteiger charge is 2.12. The molecule has 0 aliphatic rings. The fourth-order valence-electron chi connectivity index (χ4n) is 2.42. The lowest BCUT2D eigenvalue weighted by Crippen LogP contribution is -2.36. The molecule has 0 aliphatic carbocycles. The van der Waals surface area contributed by atoms with Gasteiger partial charge < -0.3 is 10.6 Å². The van der Waals surface area contributed by atoms with Crippen LogP contribution in [0, 0.1) is 0 Å². The van der Waals surface area contributed by atoms with Crippen LogP contribution in [0.3, 0.4) is 0 Å². The molecule has 0 aliphatic heterocycles. The summed E-state index contributed by atoms with van der Waals surface area (Å²) in [6.07, 6.45) is 1.51. The van der Waals surface area contributed by atoms with E-state index in [-0.39, 0.29) is 11.8 Å². The highest BCUT2D eigenvalue weighted by molar-refractivity contribution is 7.88. The van der Waals surface area contributed by atoms with Gasteiger partial charge in [0.15, 0.2) is 5.96 Å². The molecule has 1 heterocycles. The van der Waals surface area contributed by atoms with Gasteiger partial charge in [-0.05, 0) is 25.0 Å². The van der Waals surface area contributed by atoms with Gasteiger partial charge in [-0.25, -0.2) is 18.1 Å². The minimum atomic E-state index is -3.32. The Hall–Kier alpha value is -2.46. The van der Waals surface area contributed by atoms with Gasteiger partial charge in [0.2, 0.25) is 10.0 Å². The van der Waals surface area contributed by atoms with Crippen LogP contribution in [0.15, 0.2) is 35.6 Å². The Bertz CT molecular complexity index is 858. The van der Waals surface area contributed by atoms with Crippen molar-refractivity contribution in [1.82, 2.24) is 30.1 Å². The summed E-state index contributed by atoms with van der Waals surface area (Å²) in [4.78, 5) is 8.32. The smallest absolute Gasteiger partial charge is 0.216 e. The topological polar surface area (TPSA) is 113 Å². The van der Waals surface area contributed by atoms with Crippen molar-refractivity contribution in [2.24, 2.45) is 12.0 Å². The van der Waals surface area contributed by atoms with Gasteiger partial charge in [-0.1, -0.05) is 24.3 Å². The van der Waals surface area contributed by atoms with Gasteiger partial charge in [0.25, 0.3) is 0 Å². The van der Waals surface area contributed by atoms with E-state index in [1.54, 1.807) is 25.6 Å². The molecule has 1 aromatic heterocycles. The van der Waals surface area contributed by atoms with Gasteiger partial charge in [-0.15, -0.1) is 0 Å². The molecule has 0 radical (unpaired) electrons. The predicted molar refractivity (Wildman–Crippen MR) is 105 cm³/mol. The Balaban J connectivity index is 1.85. The van der Waals surface area contributed by atoms with Crippen LogP contribution in [-0.4, -0.2) is 42.2 Å². The van der Waals surface area contributed by atoms with Gasteiger partial charge in [0.1, 0.15) is 12.2 Å². The third kappa shape index (κ3) is 6.99. The molecule has 0 bridgehead atoms. The Morgan fingerprint density at radius 2 is 1.78 bits per heavy atom. The van der Waals surface area contributed by atoms with E-state index in [0.29, 0.717) is 19.0 Å². The second-order valence-corrected chi connectivity index (χ2v) is 8.18. The maximum Gasteiger partial charge on any atom is 0.216 e. The summed E-state index contributed by atoms with van der Waals surface area (Å²) in [5.41, 5.74) is 1.77. The van der Waals surface area contributed by atoms with Crippen LogP contribution >= 0.6 is 0 Å². The van der Waals surface area contributed by atoms with Crippen LogP contribution in [-0.2, 0) is 35.9 Å². The normalized spacial score (nSPS) is 12.4. The molecule has 0 saturated carbocycles. The number of aromatic nitrogens is 3. The van der Waals surface area contributed by atoms with Crippen LogP contribution in [0.5, 0.6) is 0 Å². The molecular formula is C17H27N7O2S. The number of benzene rings is 1. The Kier molecular flexibility index (Phi) is 7.31. The second-order valence-electron chi connectivity index (χ2n) is 6.43. The van der Waals surface area contributed by atoms with E-state index < -0.39 is 10.0 Å². The van der Waals surface area contributed by atoms with E-state index in [9.17, 15) is 8.42 Å². The van der Waals surface area contributed by atoms with Crippen LogP contribution in [0.2, 0.25) is 0 Å². The first-order valence-corrected chi connectivity index (χ1v) is 10.3. The number of aliphatic imine (C=N–C) groups is 1. The molecule has 0 spiro atoms. The number of nitrogens with zero attached hydrogens (tertiary/aromatic N) is 4. The predicted octanol–water partition coefficient (Wildman–Crippen LogP) is 0.508. The zero-order valence-corrected chi connectivity index (χ0v) is 16.9. The molecule has 10 heteroatoms. The third-order valence-electron chi connectivity index (χ3n) is 3.70. The van der Waals surface area contributed by atoms with Crippen LogP contribution in [0.25, 0.3) is 0 Å². The van der Waals surface area contributed by atoms with Gasteiger partial charge in [-0.2, -0.15) is 5.10 Å². The summed E-state index contributed by atoms with van der Waals surface area (Å²) in [5, 5.41) is 10.4. The molecule has 1 aromatic carbocycles. The first-order valence-electron chi connectivity index (χ1n) is 8.64. The molecule has 148 valence electrons. The van der Waals surface area contributed by atoms with Gasteiger partial charge in [0, 0.05) is 26.7 Å². The molecule has 9 nitrogen and oxygen atoms in total. The minimum absolute atomic E-state index is 0.0280. The number of sulfonamides is 1. The Morgan fingerprint density at radius 1 is 1.15 bits per heavy atom. The van der Waals surface area contributed by atoms with Crippen molar-refractivity contribution < 1.29 is 8.42 Å². The number of hydrogen-bond acceptors (Lipinski definition) is 5. The van der Waals surface area contributed by atoms with Gasteiger partial charge in [-0.3, -0.25) is 9.67 Å². The van der Waals surface area contributed by atoms with Crippen molar-refractivity contribution in [1.29, 1.82) is 0 Å². The molecule has 0 unspecified atom stereocenters. The maximum absolute atomic E-state index is 12.0. The number of rotatable bonds is 8. The van der Waals surface area contributed by atoms with E-state index in [4.69, 9.17) is 0 Å². The van der Waals surface area contributed by atoms with E-state index in [1.807, 2.05) is 31.3 Å². The first kappa shape index (κ1) is 20.8. The van der Waals surface area contributed by atoms with E-state index >= 15 is 0 Å². The Morgan fingerprint density at radius 3 is 2.33 bits per heavy atom. The van der Waals surface area contributed by atoms with Crippen molar-refractivity contribution in [3.05, 3.63) is 47.5 Å². The Labute approximate surface area is 160 Å². The number of nitrogens with one attached hydrogen (secondary N) is 3. The van der Waals surface area contributed by atoms with Crippen molar-refractivity contribution in [2.45, 2.75) is 38.7 Å². The molecule has 27 heavy (non-hydrogen) atoms. The highest BCUT2D eigenvalue weighted by atomic mass is 32.2. The SMILES string of the molecule is CN=C(NCc1ccc(CS(=O)(=O)NC(C)C)cc1)NCc1ncnn1C. The minimum Gasteiger partial charge on any atom is -0.352 e. The van der Waals surface area contributed by atoms with E-state index in [1.165, 1.54) is 6.33 Å². The zero-order valence-electron chi connectivity index (χ0n) is 16.1. The van der Waals surface area contributed by atoms with Crippen molar-refractivity contribution in [3.63, 3.8) is 0 Å². The third-order valence-corrected chi connectivity index (χ3v) is 5.24. The van der Waals surface area contributed by atoms with Gasteiger partial charge >= 0.3 is 0 Å². The van der Waals surface area contributed by atoms with Crippen molar-refractivity contribution in [3.8, 4) is 0 Å². The average molecular weight is 394 g/mol. The quantitative estimate of drug-likeness (QED) is 0.445. The summed E-state index contributed by atoms with van der Waals surface area (Å²) >= 11 is 0. The van der Waals surface area contributed by atoms with Crippen LogP contribution < -0.4 is 15.4 Å². The average Bonchev–Trinajstić information content (AvgIpc) is 3.00. The molecule has 2 aromatic rings. The number of hydrogen-bond donors (Lipinski definition) is 3. The number of aryl methyl sites for hydroxylation is 1. The number of guanidine groups is 1. The molecule has 3 N–H and O–H groups in total. The molecule has 0 fully saturated rings. The summed E-state index contributed by atoms with van der Waals surface area (Å²) in [7, 11) is 0.212. The monoisotopic (exact) mass is 393 g/mol. The van der Waals surface area contributed by atoms with Crippen LogP contribution in [0.1, 0.15) is 30.8 Å². The lowest BCUT2D eigenvalue weighted by Gasteiger charge is -2.12. The molecule has 0 saturated heterocycles. The maximum atomic E-state index is 12.0. The fraction of sp³-hybridized carbons (Fsp3) is 0.471. The fourth-order valence-corrected chi connectivity index (χ4v) is 3.86. The largest absolute Gasteiger partial charge is 0.352 e. The molecular weight excluding hydrogens is 366 g/mol. The second kappa shape index (κ2) is 9.47. The van der Waals surface area contributed by atoms with E-state index in [2.05, 4.69) is 30.4 Å². The highest BCUT2D eigenvalue weighted by Crippen LogP contribution is 2.08. The van der Waals surface area contributed by atoms with Crippen LogP contribution in [0.4, 0.5) is 0 Å². The van der Waals surface area contributed by atoms with E-state index in [0.717, 1.165) is 17.0 Å². The summed E-state index contributed by atoms with van der Waals surface area (Å²) < 4.78 is 28.2. The molecule has 0 amide bonds. The lowest BCUT2D eigenvalue weighted by atomic mass is 10.1. The summed E-state index contributed by atoms with van der Waals surface area (Å²) in [6.45, 7) is 4.68. The summed E-state index contributed by atoms with van der Waals surface area (Å²) in [6, 6.07) is 7.35. The first-order chi connectivity index (χ1) is 12.8. The lowest BCUT2D eigenvalue weighted by molar-refractivity contribution is 0.569. The molecule has 2 rings (SSSR count).